The van der Waals surface area contributed by atoms with Crippen molar-refractivity contribution in [3.63, 3.8) is 0 Å². The van der Waals surface area contributed by atoms with Crippen molar-refractivity contribution in [2.24, 2.45) is 5.92 Å². The second kappa shape index (κ2) is 11.5. The van der Waals surface area contributed by atoms with Gasteiger partial charge >= 0.3 is 6.18 Å². The lowest BCUT2D eigenvalue weighted by atomic mass is 9.84. The second-order valence-corrected chi connectivity index (χ2v) is 11.8. The number of aliphatic hydroxyl groups excluding tert-OH is 2. The normalized spacial score (nSPS) is 21.9. The zero-order chi connectivity index (χ0) is 27.7. The molecule has 1 saturated carbocycles. The van der Waals surface area contributed by atoms with E-state index in [1.807, 2.05) is 20.0 Å². The molecule has 2 aromatic rings. The fourth-order valence-corrected chi connectivity index (χ4v) is 7.29. The van der Waals surface area contributed by atoms with Gasteiger partial charge in [-0.2, -0.15) is 18.3 Å². The van der Waals surface area contributed by atoms with Gasteiger partial charge in [-0.25, -0.2) is 0 Å². The summed E-state index contributed by atoms with van der Waals surface area (Å²) in [5, 5.41) is 35.0. The molecule has 2 atom stereocenters. The van der Waals surface area contributed by atoms with Crippen LogP contribution in [0.3, 0.4) is 0 Å². The first-order chi connectivity index (χ1) is 18.0. The van der Waals surface area contributed by atoms with Crippen LogP contribution in [0.5, 0.6) is 0 Å². The SMILES string of the molecule is CC.CC(O)(CC(O)Cn1cc(CN2CCC3(CC2)OCCc2c3sc(C(F)(F)F)c2CO)cn1)C1CC1. The summed E-state index contributed by atoms with van der Waals surface area (Å²) in [5.41, 5.74) is 0.0579. The van der Waals surface area contributed by atoms with Crippen LogP contribution in [0.2, 0.25) is 0 Å². The summed E-state index contributed by atoms with van der Waals surface area (Å²) in [7, 11) is 0. The Bertz CT molecular complexity index is 1070. The summed E-state index contributed by atoms with van der Waals surface area (Å²) >= 11 is 0.739. The van der Waals surface area contributed by atoms with E-state index in [1.165, 1.54) is 0 Å². The maximum Gasteiger partial charge on any atom is 0.425 e. The molecular weight excluding hydrogens is 519 g/mol. The number of hydrogen-bond acceptors (Lipinski definition) is 7. The number of alkyl halides is 3. The lowest BCUT2D eigenvalue weighted by molar-refractivity contribution is -0.135. The quantitative estimate of drug-likeness (QED) is 0.443. The van der Waals surface area contributed by atoms with Crippen LogP contribution in [0.1, 0.15) is 79.3 Å². The summed E-state index contributed by atoms with van der Waals surface area (Å²) in [5.74, 6) is 0.274. The fraction of sp³-hybridized carbons (Fsp3) is 0.741. The van der Waals surface area contributed by atoms with Crippen molar-refractivity contribution in [3.8, 4) is 0 Å². The molecule has 2 fully saturated rings. The van der Waals surface area contributed by atoms with Gasteiger partial charge in [0, 0.05) is 48.3 Å². The number of ether oxygens (including phenoxy) is 1. The van der Waals surface area contributed by atoms with Crippen molar-refractivity contribution in [2.45, 2.75) is 102 Å². The molecule has 4 heterocycles. The third kappa shape index (κ3) is 6.28. The van der Waals surface area contributed by atoms with Crippen molar-refractivity contribution in [1.29, 1.82) is 0 Å². The highest BCUT2D eigenvalue weighted by Crippen LogP contribution is 2.51. The van der Waals surface area contributed by atoms with E-state index >= 15 is 0 Å². The Hall–Kier alpha value is -1.50. The van der Waals surface area contributed by atoms with Gasteiger partial charge in [0.25, 0.3) is 0 Å². The summed E-state index contributed by atoms with van der Waals surface area (Å²) in [6, 6.07) is 0. The summed E-state index contributed by atoms with van der Waals surface area (Å²) in [6.45, 7) is 7.84. The number of piperidine rings is 1. The minimum absolute atomic E-state index is 0.0147. The lowest BCUT2D eigenvalue weighted by Crippen LogP contribution is -2.45. The molecule has 7 nitrogen and oxygen atoms in total. The molecule has 1 spiro atoms. The Morgan fingerprint density at radius 3 is 2.53 bits per heavy atom. The molecule has 5 rings (SSSR count). The van der Waals surface area contributed by atoms with E-state index < -0.39 is 35.0 Å². The largest absolute Gasteiger partial charge is 0.425 e. The van der Waals surface area contributed by atoms with Crippen LogP contribution in [-0.2, 0) is 42.6 Å². The topological polar surface area (TPSA) is 91.0 Å². The molecule has 2 aromatic heterocycles. The van der Waals surface area contributed by atoms with Gasteiger partial charge in [0.2, 0.25) is 0 Å². The summed E-state index contributed by atoms with van der Waals surface area (Å²) in [4.78, 5) is 2.17. The van der Waals surface area contributed by atoms with E-state index in [2.05, 4.69) is 10.00 Å². The molecule has 214 valence electrons. The number of fused-ring (bicyclic) bond motifs is 2. The first kappa shape index (κ1) is 29.5. The van der Waals surface area contributed by atoms with Crippen LogP contribution in [0.25, 0.3) is 0 Å². The fourth-order valence-electron chi connectivity index (χ4n) is 5.86. The van der Waals surface area contributed by atoms with Gasteiger partial charge in [0.1, 0.15) is 10.5 Å². The molecule has 0 radical (unpaired) electrons. The number of likely N-dealkylation sites (tertiary alicyclic amines) is 1. The van der Waals surface area contributed by atoms with Crippen LogP contribution in [0.15, 0.2) is 12.4 Å². The number of rotatable bonds is 8. The van der Waals surface area contributed by atoms with Gasteiger partial charge in [-0.05, 0) is 50.5 Å². The minimum Gasteiger partial charge on any atom is -0.392 e. The van der Waals surface area contributed by atoms with E-state index in [4.69, 9.17) is 4.74 Å². The van der Waals surface area contributed by atoms with Crippen molar-refractivity contribution in [3.05, 3.63) is 38.8 Å². The van der Waals surface area contributed by atoms with Crippen LogP contribution < -0.4 is 0 Å². The van der Waals surface area contributed by atoms with Crippen LogP contribution in [0, 0.1) is 5.92 Å². The van der Waals surface area contributed by atoms with Gasteiger partial charge in [0.05, 0.1) is 37.7 Å². The number of nitrogens with zero attached hydrogens (tertiary/aromatic N) is 3. The summed E-state index contributed by atoms with van der Waals surface area (Å²) in [6.07, 6.45) is 2.41. The van der Waals surface area contributed by atoms with Crippen molar-refractivity contribution >= 4 is 11.3 Å². The smallest absolute Gasteiger partial charge is 0.392 e. The zero-order valence-electron chi connectivity index (χ0n) is 22.4. The molecule has 1 saturated heterocycles. The third-order valence-corrected chi connectivity index (χ3v) is 9.44. The third-order valence-electron chi connectivity index (χ3n) is 7.94. The molecule has 2 unspecified atom stereocenters. The highest BCUT2D eigenvalue weighted by Gasteiger charge is 2.47. The molecule has 3 N–H and O–H groups in total. The van der Waals surface area contributed by atoms with Crippen LogP contribution >= 0.6 is 11.3 Å². The second-order valence-electron chi connectivity index (χ2n) is 10.8. The van der Waals surface area contributed by atoms with Crippen molar-refractivity contribution < 1.29 is 33.2 Å². The van der Waals surface area contributed by atoms with E-state index in [9.17, 15) is 28.5 Å². The Morgan fingerprint density at radius 2 is 1.92 bits per heavy atom. The molecule has 3 aliphatic rings. The molecule has 11 heteroatoms. The van der Waals surface area contributed by atoms with Crippen molar-refractivity contribution in [2.75, 3.05) is 19.7 Å². The maximum atomic E-state index is 13.6. The number of aliphatic hydroxyl groups is 3. The van der Waals surface area contributed by atoms with Gasteiger partial charge in [-0.1, -0.05) is 13.8 Å². The average molecular weight is 560 g/mol. The van der Waals surface area contributed by atoms with E-state index in [0.29, 0.717) is 68.9 Å². The van der Waals surface area contributed by atoms with Gasteiger partial charge in [-0.3, -0.25) is 9.58 Å². The first-order valence-electron chi connectivity index (χ1n) is 13.6. The number of aromatic nitrogens is 2. The summed E-state index contributed by atoms with van der Waals surface area (Å²) < 4.78 is 48.6. The van der Waals surface area contributed by atoms with Crippen molar-refractivity contribution in [1.82, 2.24) is 14.7 Å². The average Bonchev–Trinajstić information content (AvgIpc) is 3.53. The van der Waals surface area contributed by atoms with E-state index in [-0.39, 0.29) is 11.5 Å². The predicted molar refractivity (Wildman–Crippen MR) is 139 cm³/mol. The highest BCUT2D eigenvalue weighted by molar-refractivity contribution is 7.12. The first-order valence-corrected chi connectivity index (χ1v) is 14.4. The lowest BCUT2D eigenvalue weighted by Gasteiger charge is -2.43. The Morgan fingerprint density at radius 1 is 1.24 bits per heavy atom. The maximum absolute atomic E-state index is 13.6. The molecule has 2 aliphatic heterocycles. The molecule has 0 aromatic carbocycles. The standard InChI is InChI=1S/C25H34F3N3O4S.C2H6/c1-23(34,17-2-3-17)10-18(33)14-31-13-16(11-29-31)12-30-7-5-24(6-8-30)21-19(4-9-35-24)20(15-32)22(36-21)25(26,27)28;1-2/h11,13,17-18,32-34H,2-10,12,14-15H2,1H3;1-2H3. The van der Waals surface area contributed by atoms with Crippen LogP contribution in [-0.4, -0.2) is 61.4 Å². The number of thiophene rings is 1. The molecule has 0 amide bonds. The Labute approximate surface area is 226 Å². The van der Waals surface area contributed by atoms with Crippen LogP contribution in [0.4, 0.5) is 13.2 Å². The van der Waals surface area contributed by atoms with E-state index in [1.54, 1.807) is 17.8 Å². The Balaban J connectivity index is 0.00000164. The minimum atomic E-state index is -4.48. The molecule has 38 heavy (non-hydrogen) atoms. The Kier molecular flexibility index (Phi) is 8.96. The highest BCUT2D eigenvalue weighted by atomic mass is 32.1. The number of halogens is 3. The van der Waals surface area contributed by atoms with Gasteiger partial charge in [-0.15, -0.1) is 11.3 Å². The van der Waals surface area contributed by atoms with E-state index in [0.717, 1.165) is 29.7 Å². The molecule has 1 aliphatic carbocycles. The molecule has 0 bridgehead atoms. The monoisotopic (exact) mass is 559 g/mol. The number of hydrogen-bond donors (Lipinski definition) is 3. The van der Waals surface area contributed by atoms with Gasteiger partial charge < -0.3 is 20.1 Å². The zero-order valence-corrected chi connectivity index (χ0v) is 23.2. The van der Waals surface area contributed by atoms with Gasteiger partial charge in [0.15, 0.2) is 0 Å². The predicted octanol–water partition coefficient (Wildman–Crippen LogP) is 4.46. The molecular formula is C27H40F3N3O4S.